The van der Waals surface area contributed by atoms with Crippen molar-refractivity contribution in [2.45, 2.75) is 0 Å². The predicted molar refractivity (Wildman–Crippen MR) is 120 cm³/mol. The first-order valence-corrected chi connectivity index (χ1v) is 9.54. The highest BCUT2D eigenvalue weighted by atomic mass is 16.1. The number of H-pyrrole nitrogens is 1. The van der Waals surface area contributed by atoms with Crippen molar-refractivity contribution in [3.63, 3.8) is 0 Å². The van der Waals surface area contributed by atoms with E-state index in [9.17, 15) is 10.1 Å². The van der Waals surface area contributed by atoms with Crippen LogP contribution in [0, 0.1) is 11.3 Å². The highest BCUT2D eigenvalue weighted by Crippen LogP contribution is 2.31. The molecule has 8 nitrogen and oxygen atoms in total. The van der Waals surface area contributed by atoms with Gasteiger partial charge in [-0.15, -0.1) is 0 Å². The number of likely N-dealkylation sites (N-methyl/N-ethyl adjacent to an activating group) is 1. The molecule has 31 heavy (non-hydrogen) atoms. The average molecular weight is 409 g/mol. The topological polar surface area (TPSA) is 119 Å². The van der Waals surface area contributed by atoms with Gasteiger partial charge in [-0.05, 0) is 29.3 Å². The Morgan fingerprint density at radius 3 is 2.77 bits per heavy atom. The molecule has 0 aliphatic carbocycles. The van der Waals surface area contributed by atoms with Gasteiger partial charge in [0.25, 0.3) is 5.91 Å². The summed E-state index contributed by atoms with van der Waals surface area (Å²) in [5, 5.41) is 15.7. The first-order valence-electron chi connectivity index (χ1n) is 9.54. The summed E-state index contributed by atoms with van der Waals surface area (Å²) in [5.74, 6) is 0.311. The van der Waals surface area contributed by atoms with Crippen molar-refractivity contribution >= 4 is 28.8 Å². The molecule has 0 bridgehead atoms. The number of pyridine rings is 1. The van der Waals surface area contributed by atoms with E-state index in [-0.39, 0.29) is 5.57 Å². The van der Waals surface area contributed by atoms with E-state index in [1.165, 1.54) is 13.4 Å². The van der Waals surface area contributed by atoms with Crippen molar-refractivity contribution in [1.82, 2.24) is 25.3 Å². The fourth-order valence-corrected chi connectivity index (χ4v) is 3.27. The van der Waals surface area contributed by atoms with Gasteiger partial charge in [-0.1, -0.05) is 18.2 Å². The van der Waals surface area contributed by atoms with Gasteiger partial charge >= 0.3 is 0 Å². The van der Waals surface area contributed by atoms with Gasteiger partial charge in [-0.3, -0.25) is 4.79 Å². The smallest absolute Gasteiger partial charge is 0.261 e. The van der Waals surface area contributed by atoms with Crippen LogP contribution in [0.25, 0.3) is 39.5 Å². The Hall–Kier alpha value is -4.51. The molecule has 152 valence electrons. The molecular formula is C23H19N7O. The van der Waals surface area contributed by atoms with Crippen LogP contribution in [0.4, 0.5) is 5.82 Å². The van der Waals surface area contributed by atoms with Crippen molar-refractivity contribution in [2.24, 2.45) is 0 Å². The van der Waals surface area contributed by atoms with Gasteiger partial charge in [0.05, 0.1) is 5.69 Å². The first-order chi connectivity index (χ1) is 15.1. The molecule has 1 aromatic carbocycles. The SMILES string of the molecule is CNC(=O)/C(C#N)=C/c1cccc(-c2cnc3[nH]cc(-c4cc(NC)ncn4)c3c2)c1. The van der Waals surface area contributed by atoms with Crippen LogP contribution >= 0.6 is 0 Å². The third-order valence-electron chi connectivity index (χ3n) is 4.85. The fourth-order valence-electron chi connectivity index (χ4n) is 3.27. The van der Waals surface area contributed by atoms with Crippen LogP contribution in [0.5, 0.6) is 0 Å². The molecule has 1 amide bonds. The van der Waals surface area contributed by atoms with Crippen LogP contribution in [0.2, 0.25) is 0 Å². The number of aromatic amines is 1. The van der Waals surface area contributed by atoms with E-state index in [1.807, 2.05) is 55.7 Å². The largest absolute Gasteiger partial charge is 0.373 e. The minimum absolute atomic E-state index is 0.0465. The van der Waals surface area contributed by atoms with Crippen molar-refractivity contribution in [1.29, 1.82) is 5.26 Å². The number of nitrogens with one attached hydrogen (secondary N) is 3. The van der Waals surface area contributed by atoms with Gasteiger partial charge < -0.3 is 15.6 Å². The molecule has 0 fully saturated rings. The van der Waals surface area contributed by atoms with Crippen LogP contribution in [0.1, 0.15) is 5.56 Å². The van der Waals surface area contributed by atoms with Crippen LogP contribution in [-0.4, -0.2) is 39.9 Å². The number of carbonyl (C=O) groups excluding carboxylic acids is 1. The number of nitrogens with zero attached hydrogens (tertiary/aromatic N) is 4. The molecule has 0 atom stereocenters. The molecule has 0 saturated heterocycles. The van der Waals surface area contributed by atoms with Gasteiger partial charge in [-0.25, -0.2) is 15.0 Å². The number of fused-ring (bicyclic) bond motifs is 1. The maximum absolute atomic E-state index is 11.8. The summed E-state index contributed by atoms with van der Waals surface area (Å²) in [6, 6.07) is 13.5. The molecule has 0 spiro atoms. The molecule has 0 aliphatic rings. The third-order valence-corrected chi connectivity index (χ3v) is 4.85. The maximum atomic E-state index is 11.8. The van der Waals surface area contributed by atoms with Crippen molar-refractivity contribution < 1.29 is 4.79 Å². The first kappa shape index (κ1) is 19.8. The molecule has 4 rings (SSSR count). The van der Waals surface area contributed by atoms with Crippen molar-refractivity contribution in [2.75, 3.05) is 19.4 Å². The highest BCUT2D eigenvalue weighted by molar-refractivity contribution is 6.01. The monoisotopic (exact) mass is 409 g/mol. The second-order valence-electron chi connectivity index (χ2n) is 6.74. The zero-order valence-corrected chi connectivity index (χ0v) is 17.0. The van der Waals surface area contributed by atoms with Gasteiger partial charge in [-0.2, -0.15) is 5.26 Å². The summed E-state index contributed by atoms with van der Waals surface area (Å²) in [4.78, 5) is 28.1. The van der Waals surface area contributed by atoms with E-state index in [0.717, 1.165) is 44.8 Å². The van der Waals surface area contributed by atoms with E-state index >= 15 is 0 Å². The Balaban J connectivity index is 1.77. The van der Waals surface area contributed by atoms with E-state index in [0.29, 0.717) is 0 Å². The van der Waals surface area contributed by atoms with Crippen LogP contribution < -0.4 is 10.6 Å². The second kappa shape index (κ2) is 8.47. The Kier molecular flexibility index (Phi) is 5.41. The zero-order valence-electron chi connectivity index (χ0n) is 17.0. The number of benzene rings is 1. The lowest BCUT2D eigenvalue weighted by Gasteiger charge is -2.06. The van der Waals surface area contributed by atoms with Crippen LogP contribution in [0.3, 0.4) is 0 Å². The molecule has 8 heteroatoms. The van der Waals surface area contributed by atoms with Crippen molar-refractivity contribution in [3.8, 4) is 28.5 Å². The normalized spacial score (nSPS) is 11.2. The number of hydrogen-bond donors (Lipinski definition) is 3. The Morgan fingerprint density at radius 1 is 1.13 bits per heavy atom. The molecule has 3 heterocycles. The lowest BCUT2D eigenvalue weighted by molar-refractivity contribution is -0.116. The van der Waals surface area contributed by atoms with Gasteiger partial charge in [0.2, 0.25) is 0 Å². The average Bonchev–Trinajstić information content (AvgIpc) is 3.25. The molecular weight excluding hydrogens is 390 g/mol. The summed E-state index contributed by atoms with van der Waals surface area (Å²) in [6.45, 7) is 0. The minimum atomic E-state index is -0.418. The minimum Gasteiger partial charge on any atom is -0.373 e. The summed E-state index contributed by atoms with van der Waals surface area (Å²) < 4.78 is 0. The molecule has 0 saturated carbocycles. The Morgan fingerprint density at radius 2 is 2.00 bits per heavy atom. The summed E-state index contributed by atoms with van der Waals surface area (Å²) in [6.07, 6.45) is 6.75. The van der Waals surface area contributed by atoms with Crippen molar-refractivity contribution in [3.05, 3.63) is 66.3 Å². The lowest BCUT2D eigenvalue weighted by Crippen LogP contribution is -2.19. The van der Waals surface area contributed by atoms with Gasteiger partial charge in [0.15, 0.2) is 0 Å². The molecule has 0 aliphatic heterocycles. The zero-order chi connectivity index (χ0) is 21.8. The molecule has 3 aromatic heterocycles. The van der Waals surface area contributed by atoms with E-state index < -0.39 is 5.91 Å². The van der Waals surface area contributed by atoms with E-state index in [2.05, 4.69) is 30.6 Å². The maximum Gasteiger partial charge on any atom is 0.261 e. The summed E-state index contributed by atoms with van der Waals surface area (Å²) in [7, 11) is 3.31. The number of carbonyl (C=O) groups is 1. The van der Waals surface area contributed by atoms with Crippen LogP contribution in [-0.2, 0) is 4.79 Å². The highest BCUT2D eigenvalue weighted by Gasteiger charge is 2.12. The number of aromatic nitrogens is 4. The number of nitriles is 1. The van der Waals surface area contributed by atoms with Gasteiger partial charge in [0.1, 0.15) is 29.4 Å². The number of rotatable bonds is 5. The van der Waals surface area contributed by atoms with Crippen LogP contribution in [0.15, 0.2) is 60.7 Å². The summed E-state index contributed by atoms with van der Waals surface area (Å²) >= 11 is 0. The quantitative estimate of drug-likeness (QED) is 0.343. The standard InChI is InChI=1S/C23H19N7O/c1-25-21-9-20(29-13-30-21)19-12-28-22-18(19)8-17(11-27-22)15-5-3-4-14(6-15)7-16(10-24)23(31)26-2/h3-9,11-13H,1-2H3,(H,26,31)(H,27,28)(H,25,29,30)/b16-7+. The van der Waals surface area contributed by atoms with E-state index in [1.54, 1.807) is 12.3 Å². The third kappa shape index (κ3) is 3.97. The number of hydrogen-bond acceptors (Lipinski definition) is 6. The Bertz CT molecular complexity index is 1350. The molecule has 0 unspecified atom stereocenters. The second-order valence-corrected chi connectivity index (χ2v) is 6.74. The van der Waals surface area contributed by atoms with Gasteiger partial charge in [0, 0.05) is 49.1 Å². The number of anilines is 1. The lowest BCUT2D eigenvalue weighted by atomic mass is 10.0. The fraction of sp³-hybridized carbons (Fsp3) is 0.0870. The number of amides is 1. The predicted octanol–water partition coefficient (Wildman–Crippen LogP) is 3.38. The van der Waals surface area contributed by atoms with E-state index in [4.69, 9.17) is 0 Å². The molecule has 0 radical (unpaired) electrons. The summed E-state index contributed by atoms with van der Waals surface area (Å²) in [5.41, 5.74) is 5.08. The Labute approximate surface area is 178 Å². The molecule has 3 N–H and O–H groups in total. The molecule has 4 aromatic rings.